The van der Waals surface area contributed by atoms with E-state index in [1.54, 1.807) is 6.07 Å². The van der Waals surface area contributed by atoms with Crippen molar-refractivity contribution in [3.63, 3.8) is 0 Å². The van der Waals surface area contributed by atoms with Gasteiger partial charge in [0, 0.05) is 11.6 Å². The Morgan fingerprint density at radius 3 is 2.24 bits per heavy atom. The number of benzene rings is 1. The van der Waals surface area contributed by atoms with E-state index >= 15 is 0 Å². The quantitative estimate of drug-likeness (QED) is 0.879. The number of rotatable bonds is 4. The fourth-order valence-electron chi connectivity index (χ4n) is 1.82. The zero-order chi connectivity index (χ0) is 13.2. The summed E-state index contributed by atoms with van der Waals surface area (Å²) >= 11 is 0. The first-order valence-electron chi connectivity index (χ1n) is 5.61. The summed E-state index contributed by atoms with van der Waals surface area (Å²) < 4.78 is 26.1. The maximum atomic E-state index is 13.2. The van der Waals surface area contributed by atoms with Crippen LogP contribution in [0.1, 0.15) is 31.9 Å². The van der Waals surface area contributed by atoms with E-state index in [1.807, 2.05) is 32.8 Å². The van der Waals surface area contributed by atoms with Crippen LogP contribution in [0, 0.1) is 11.6 Å². The second kappa shape index (κ2) is 5.10. The van der Waals surface area contributed by atoms with Crippen LogP contribution in [0.4, 0.5) is 8.78 Å². The molecule has 0 spiro atoms. The van der Waals surface area contributed by atoms with Crippen LogP contribution >= 0.6 is 0 Å². The van der Waals surface area contributed by atoms with Gasteiger partial charge in [0.2, 0.25) is 0 Å². The molecule has 4 heteroatoms. The zero-order valence-electron chi connectivity index (χ0n) is 10.8. The molecule has 0 heterocycles. The fraction of sp³-hybridized carbons (Fsp3) is 0.538. The van der Waals surface area contributed by atoms with E-state index in [2.05, 4.69) is 0 Å². The topological polar surface area (TPSA) is 29.3 Å². The number of nitrogens with zero attached hydrogens (tertiary/aromatic N) is 1. The van der Waals surface area contributed by atoms with Crippen molar-refractivity contribution in [2.75, 3.05) is 14.1 Å². The Hall–Kier alpha value is -1.00. The van der Waals surface area contributed by atoms with E-state index in [9.17, 15) is 8.78 Å². The molecule has 1 atom stereocenters. The molecule has 0 aromatic heterocycles. The lowest BCUT2D eigenvalue weighted by atomic mass is 9.91. The van der Waals surface area contributed by atoms with E-state index in [0.29, 0.717) is 6.42 Å². The molecule has 1 rings (SSSR count). The van der Waals surface area contributed by atoms with Crippen LogP contribution in [0.2, 0.25) is 0 Å². The highest BCUT2D eigenvalue weighted by atomic mass is 19.2. The summed E-state index contributed by atoms with van der Waals surface area (Å²) in [5, 5.41) is 0. The molecule has 1 aromatic carbocycles. The lowest BCUT2D eigenvalue weighted by Crippen LogP contribution is -2.37. The molecule has 0 radical (unpaired) electrons. The largest absolute Gasteiger partial charge is 0.325 e. The second-order valence-corrected chi connectivity index (χ2v) is 5.35. The molecule has 0 amide bonds. The van der Waals surface area contributed by atoms with Gasteiger partial charge in [0.15, 0.2) is 11.6 Å². The van der Waals surface area contributed by atoms with Crippen molar-refractivity contribution in [2.45, 2.75) is 31.8 Å². The summed E-state index contributed by atoms with van der Waals surface area (Å²) in [4.78, 5) is 1.96. The first-order valence-corrected chi connectivity index (χ1v) is 5.61. The number of halogens is 2. The van der Waals surface area contributed by atoms with E-state index in [0.717, 1.165) is 11.6 Å². The highest BCUT2D eigenvalue weighted by molar-refractivity contribution is 5.22. The SMILES string of the molecule is CN(C)C(CC(C)(C)N)c1ccc(F)c(F)c1. The van der Waals surface area contributed by atoms with Gasteiger partial charge in [-0.15, -0.1) is 0 Å². The van der Waals surface area contributed by atoms with Crippen molar-refractivity contribution in [1.82, 2.24) is 4.90 Å². The molecule has 1 unspecified atom stereocenters. The van der Waals surface area contributed by atoms with E-state index < -0.39 is 11.6 Å². The lowest BCUT2D eigenvalue weighted by Gasteiger charge is -2.31. The minimum absolute atomic E-state index is 0.0231. The van der Waals surface area contributed by atoms with E-state index in [1.165, 1.54) is 6.07 Å². The van der Waals surface area contributed by atoms with Crippen LogP contribution in [0.5, 0.6) is 0 Å². The highest BCUT2D eigenvalue weighted by Crippen LogP contribution is 2.27. The summed E-state index contributed by atoms with van der Waals surface area (Å²) in [6.07, 6.45) is 0.672. The minimum atomic E-state index is -0.821. The number of hydrogen-bond acceptors (Lipinski definition) is 2. The molecule has 17 heavy (non-hydrogen) atoms. The van der Waals surface area contributed by atoms with E-state index in [4.69, 9.17) is 5.73 Å². The zero-order valence-corrected chi connectivity index (χ0v) is 10.8. The third-order valence-corrected chi connectivity index (χ3v) is 2.67. The first-order chi connectivity index (χ1) is 7.70. The molecular weight excluding hydrogens is 222 g/mol. The summed E-state index contributed by atoms with van der Waals surface area (Å²) in [5.74, 6) is -1.64. The Balaban J connectivity index is 3.02. The Kier molecular flexibility index (Phi) is 4.22. The maximum absolute atomic E-state index is 13.2. The van der Waals surface area contributed by atoms with Crippen molar-refractivity contribution >= 4 is 0 Å². The van der Waals surface area contributed by atoms with Crippen LogP contribution in [0.25, 0.3) is 0 Å². The molecule has 0 aliphatic carbocycles. The van der Waals surface area contributed by atoms with Crippen LogP contribution in [0.15, 0.2) is 18.2 Å². The smallest absolute Gasteiger partial charge is 0.159 e. The lowest BCUT2D eigenvalue weighted by molar-refractivity contribution is 0.242. The molecule has 0 fully saturated rings. The van der Waals surface area contributed by atoms with Crippen molar-refractivity contribution in [3.05, 3.63) is 35.4 Å². The van der Waals surface area contributed by atoms with Gasteiger partial charge < -0.3 is 10.6 Å². The van der Waals surface area contributed by atoms with Crippen LogP contribution in [-0.2, 0) is 0 Å². The third-order valence-electron chi connectivity index (χ3n) is 2.67. The molecule has 96 valence electrons. The van der Waals surface area contributed by atoms with Crippen molar-refractivity contribution in [2.24, 2.45) is 5.73 Å². The van der Waals surface area contributed by atoms with Gasteiger partial charge in [-0.05, 0) is 52.1 Å². The average Bonchev–Trinajstić information content (AvgIpc) is 2.17. The highest BCUT2D eigenvalue weighted by Gasteiger charge is 2.23. The Morgan fingerprint density at radius 2 is 1.82 bits per heavy atom. The third kappa shape index (κ3) is 4.06. The number of hydrogen-bond donors (Lipinski definition) is 1. The molecule has 0 bridgehead atoms. The van der Waals surface area contributed by atoms with Crippen molar-refractivity contribution in [3.8, 4) is 0 Å². The standard InChI is InChI=1S/C13H20F2N2/c1-13(2,16)8-12(17(3)4)9-5-6-10(14)11(15)7-9/h5-7,12H,8,16H2,1-4H3. The molecule has 0 aliphatic heterocycles. The van der Waals surface area contributed by atoms with Crippen LogP contribution in [0.3, 0.4) is 0 Å². The summed E-state index contributed by atoms with van der Waals surface area (Å²) in [6.45, 7) is 3.84. The molecule has 2 nitrogen and oxygen atoms in total. The number of nitrogens with two attached hydrogens (primary N) is 1. The Bertz CT molecular complexity index is 383. The fourth-order valence-corrected chi connectivity index (χ4v) is 1.82. The van der Waals surface area contributed by atoms with Crippen LogP contribution < -0.4 is 5.73 Å². The molecular formula is C13H20F2N2. The minimum Gasteiger partial charge on any atom is -0.325 e. The van der Waals surface area contributed by atoms with Gasteiger partial charge in [0.05, 0.1) is 0 Å². The monoisotopic (exact) mass is 242 g/mol. The van der Waals surface area contributed by atoms with Gasteiger partial charge in [-0.2, -0.15) is 0 Å². The predicted octanol–water partition coefficient (Wildman–Crippen LogP) is 2.69. The summed E-state index contributed by atoms with van der Waals surface area (Å²) in [6, 6.07) is 3.98. The van der Waals surface area contributed by atoms with Crippen LogP contribution in [-0.4, -0.2) is 24.5 Å². The van der Waals surface area contributed by atoms with Gasteiger partial charge in [-0.3, -0.25) is 0 Å². The maximum Gasteiger partial charge on any atom is 0.159 e. The molecule has 0 saturated carbocycles. The summed E-state index contributed by atoms with van der Waals surface area (Å²) in [7, 11) is 3.80. The summed E-state index contributed by atoms with van der Waals surface area (Å²) in [5.41, 5.74) is 6.37. The van der Waals surface area contributed by atoms with Crippen molar-refractivity contribution in [1.29, 1.82) is 0 Å². The average molecular weight is 242 g/mol. The van der Waals surface area contributed by atoms with Gasteiger partial charge in [-0.25, -0.2) is 8.78 Å². The van der Waals surface area contributed by atoms with Gasteiger partial charge in [-0.1, -0.05) is 6.07 Å². The van der Waals surface area contributed by atoms with E-state index in [-0.39, 0.29) is 11.6 Å². The Labute approximate surface area is 101 Å². The van der Waals surface area contributed by atoms with Gasteiger partial charge in [0.25, 0.3) is 0 Å². The second-order valence-electron chi connectivity index (χ2n) is 5.35. The Morgan fingerprint density at radius 1 is 1.24 bits per heavy atom. The first kappa shape index (κ1) is 14.1. The predicted molar refractivity (Wildman–Crippen MR) is 65.7 cm³/mol. The van der Waals surface area contributed by atoms with Gasteiger partial charge in [0.1, 0.15) is 0 Å². The normalized spacial score (nSPS) is 14.1. The molecule has 0 aliphatic rings. The van der Waals surface area contributed by atoms with Gasteiger partial charge >= 0.3 is 0 Å². The molecule has 1 aromatic rings. The molecule has 2 N–H and O–H groups in total. The molecule has 0 saturated heterocycles. The van der Waals surface area contributed by atoms with Crippen molar-refractivity contribution < 1.29 is 8.78 Å².